The largest absolute Gasteiger partial charge is 0.504 e. The molecule has 1 aromatic carbocycles. The molecule has 0 heterocycles. The first-order chi connectivity index (χ1) is 8.09. The predicted octanol–water partition coefficient (Wildman–Crippen LogP) is 2.00. The number of ether oxygens (including phenoxy) is 1. The Hall–Kier alpha value is -1.26. The maximum atomic E-state index is 9.30. The summed E-state index contributed by atoms with van der Waals surface area (Å²) in [6.07, 6.45) is 1.24. The second-order valence-corrected chi connectivity index (χ2v) is 4.27. The minimum atomic E-state index is -0.0842. The zero-order valence-corrected chi connectivity index (χ0v) is 10.4. The Bertz CT molecular complexity index is 339. The molecule has 0 aromatic heterocycles. The topological polar surface area (TPSA) is 61.7 Å². The van der Waals surface area contributed by atoms with E-state index < -0.39 is 0 Å². The van der Waals surface area contributed by atoms with Gasteiger partial charge >= 0.3 is 0 Å². The van der Waals surface area contributed by atoms with Crippen molar-refractivity contribution in [3.8, 4) is 11.5 Å². The Labute approximate surface area is 102 Å². The SMILES string of the molecule is CC(C)OCCCNCc1ccc(O)c(O)c1. The predicted molar refractivity (Wildman–Crippen MR) is 67.2 cm³/mol. The number of hydrogen-bond donors (Lipinski definition) is 3. The van der Waals surface area contributed by atoms with E-state index in [4.69, 9.17) is 9.84 Å². The van der Waals surface area contributed by atoms with E-state index in [9.17, 15) is 5.11 Å². The minimum Gasteiger partial charge on any atom is -0.504 e. The van der Waals surface area contributed by atoms with Crippen molar-refractivity contribution in [1.82, 2.24) is 5.32 Å². The van der Waals surface area contributed by atoms with Gasteiger partial charge in [-0.1, -0.05) is 6.07 Å². The zero-order valence-electron chi connectivity index (χ0n) is 10.4. The molecule has 0 bridgehead atoms. The summed E-state index contributed by atoms with van der Waals surface area (Å²) < 4.78 is 5.42. The molecule has 96 valence electrons. The van der Waals surface area contributed by atoms with E-state index in [1.807, 2.05) is 13.8 Å². The van der Waals surface area contributed by atoms with Crippen molar-refractivity contribution >= 4 is 0 Å². The first kappa shape index (κ1) is 13.8. The van der Waals surface area contributed by atoms with E-state index in [-0.39, 0.29) is 17.6 Å². The van der Waals surface area contributed by atoms with Crippen LogP contribution in [0.5, 0.6) is 11.5 Å². The van der Waals surface area contributed by atoms with Crippen molar-refractivity contribution in [2.75, 3.05) is 13.2 Å². The van der Waals surface area contributed by atoms with Gasteiger partial charge in [-0.15, -0.1) is 0 Å². The van der Waals surface area contributed by atoms with E-state index in [0.717, 1.165) is 25.1 Å². The fourth-order valence-corrected chi connectivity index (χ4v) is 1.43. The van der Waals surface area contributed by atoms with Crippen LogP contribution in [-0.2, 0) is 11.3 Å². The lowest BCUT2D eigenvalue weighted by Gasteiger charge is -2.08. The summed E-state index contributed by atoms with van der Waals surface area (Å²) in [6, 6.07) is 4.84. The van der Waals surface area contributed by atoms with Gasteiger partial charge in [-0.3, -0.25) is 0 Å². The van der Waals surface area contributed by atoms with Crippen LogP contribution < -0.4 is 5.32 Å². The van der Waals surface area contributed by atoms with Gasteiger partial charge in [0.1, 0.15) is 0 Å². The molecule has 0 amide bonds. The number of benzene rings is 1. The maximum absolute atomic E-state index is 9.30. The van der Waals surface area contributed by atoms with E-state index in [2.05, 4.69) is 5.32 Å². The minimum absolute atomic E-state index is 0.0764. The third kappa shape index (κ3) is 5.56. The third-order valence-corrected chi connectivity index (χ3v) is 2.32. The molecule has 1 rings (SSSR count). The third-order valence-electron chi connectivity index (χ3n) is 2.32. The lowest BCUT2D eigenvalue weighted by molar-refractivity contribution is 0.0770. The van der Waals surface area contributed by atoms with E-state index in [1.165, 1.54) is 6.07 Å². The highest BCUT2D eigenvalue weighted by Crippen LogP contribution is 2.24. The van der Waals surface area contributed by atoms with Crippen molar-refractivity contribution in [2.45, 2.75) is 32.9 Å². The van der Waals surface area contributed by atoms with Crippen LogP contribution in [0.15, 0.2) is 18.2 Å². The fourth-order valence-electron chi connectivity index (χ4n) is 1.43. The second-order valence-electron chi connectivity index (χ2n) is 4.27. The number of rotatable bonds is 7. The normalized spacial score (nSPS) is 11.0. The van der Waals surface area contributed by atoms with Crippen LogP contribution >= 0.6 is 0 Å². The Kier molecular flexibility index (Phi) is 5.80. The molecule has 0 unspecified atom stereocenters. The Balaban J connectivity index is 2.16. The number of nitrogens with one attached hydrogen (secondary N) is 1. The van der Waals surface area contributed by atoms with Gasteiger partial charge in [0.15, 0.2) is 11.5 Å². The molecule has 0 spiro atoms. The first-order valence-corrected chi connectivity index (χ1v) is 5.92. The van der Waals surface area contributed by atoms with Gasteiger partial charge in [0.25, 0.3) is 0 Å². The Morgan fingerprint density at radius 2 is 2.00 bits per heavy atom. The van der Waals surface area contributed by atoms with E-state index in [1.54, 1.807) is 12.1 Å². The van der Waals surface area contributed by atoms with Crippen LogP contribution in [0.3, 0.4) is 0 Å². The smallest absolute Gasteiger partial charge is 0.157 e. The lowest BCUT2D eigenvalue weighted by Crippen LogP contribution is -2.17. The Morgan fingerprint density at radius 1 is 1.24 bits per heavy atom. The van der Waals surface area contributed by atoms with Gasteiger partial charge in [0, 0.05) is 13.2 Å². The summed E-state index contributed by atoms with van der Waals surface area (Å²) in [5.74, 6) is -0.161. The van der Waals surface area contributed by atoms with Gasteiger partial charge in [-0.05, 0) is 44.5 Å². The molecule has 1 aromatic rings. The van der Waals surface area contributed by atoms with E-state index in [0.29, 0.717) is 6.54 Å². The molecule has 0 fully saturated rings. The number of aromatic hydroxyl groups is 2. The monoisotopic (exact) mass is 239 g/mol. The molecular formula is C13H21NO3. The number of hydrogen-bond acceptors (Lipinski definition) is 4. The fraction of sp³-hybridized carbons (Fsp3) is 0.538. The molecule has 3 N–H and O–H groups in total. The molecular weight excluding hydrogens is 218 g/mol. The first-order valence-electron chi connectivity index (χ1n) is 5.92. The van der Waals surface area contributed by atoms with Crippen LogP contribution in [0.2, 0.25) is 0 Å². The molecule has 4 heteroatoms. The second kappa shape index (κ2) is 7.14. The summed E-state index contributed by atoms with van der Waals surface area (Å²) in [6.45, 7) is 6.34. The summed E-state index contributed by atoms with van der Waals surface area (Å²) in [7, 11) is 0. The van der Waals surface area contributed by atoms with Crippen LogP contribution in [0, 0.1) is 0 Å². The van der Waals surface area contributed by atoms with Crippen molar-refractivity contribution in [3.63, 3.8) is 0 Å². The van der Waals surface area contributed by atoms with Crippen LogP contribution in [0.1, 0.15) is 25.8 Å². The number of phenolic OH excluding ortho intramolecular Hbond substituents is 2. The average molecular weight is 239 g/mol. The number of phenols is 2. The van der Waals surface area contributed by atoms with Crippen molar-refractivity contribution < 1.29 is 14.9 Å². The highest BCUT2D eigenvalue weighted by atomic mass is 16.5. The quantitative estimate of drug-likeness (QED) is 0.503. The van der Waals surface area contributed by atoms with Crippen molar-refractivity contribution in [3.05, 3.63) is 23.8 Å². The zero-order chi connectivity index (χ0) is 12.7. The Morgan fingerprint density at radius 3 is 2.65 bits per heavy atom. The molecule has 0 saturated carbocycles. The van der Waals surface area contributed by atoms with Crippen LogP contribution in [-0.4, -0.2) is 29.5 Å². The highest BCUT2D eigenvalue weighted by molar-refractivity contribution is 5.40. The van der Waals surface area contributed by atoms with Crippen LogP contribution in [0.4, 0.5) is 0 Å². The van der Waals surface area contributed by atoms with Gasteiger partial charge in [-0.2, -0.15) is 0 Å². The molecule has 0 atom stereocenters. The van der Waals surface area contributed by atoms with Gasteiger partial charge in [-0.25, -0.2) is 0 Å². The summed E-state index contributed by atoms with van der Waals surface area (Å²) in [5, 5.41) is 21.7. The van der Waals surface area contributed by atoms with Gasteiger partial charge < -0.3 is 20.3 Å². The van der Waals surface area contributed by atoms with Gasteiger partial charge in [0.05, 0.1) is 6.10 Å². The summed E-state index contributed by atoms with van der Waals surface area (Å²) in [4.78, 5) is 0. The molecule has 0 saturated heterocycles. The standard InChI is InChI=1S/C13H21NO3/c1-10(2)17-7-3-6-14-9-11-4-5-12(15)13(16)8-11/h4-5,8,10,14-16H,3,6-7,9H2,1-2H3. The summed E-state index contributed by atoms with van der Waals surface area (Å²) in [5.41, 5.74) is 0.949. The molecule has 4 nitrogen and oxygen atoms in total. The molecule has 0 aliphatic carbocycles. The van der Waals surface area contributed by atoms with E-state index >= 15 is 0 Å². The molecule has 17 heavy (non-hydrogen) atoms. The lowest BCUT2D eigenvalue weighted by atomic mass is 10.2. The highest BCUT2D eigenvalue weighted by Gasteiger charge is 2.00. The molecule has 0 aliphatic heterocycles. The van der Waals surface area contributed by atoms with Gasteiger partial charge in [0.2, 0.25) is 0 Å². The van der Waals surface area contributed by atoms with Crippen molar-refractivity contribution in [2.24, 2.45) is 0 Å². The van der Waals surface area contributed by atoms with Crippen molar-refractivity contribution in [1.29, 1.82) is 0 Å². The maximum Gasteiger partial charge on any atom is 0.157 e. The summed E-state index contributed by atoms with van der Waals surface area (Å²) >= 11 is 0. The average Bonchev–Trinajstić information content (AvgIpc) is 2.27. The van der Waals surface area contributed by atoms with Crippen LogP contribution in [0.25, 0.3) is 0 Å². The molecule has 0 radical (unpaired) electrons. The molecule has 0 aliphatic rings.